The number of hydrogen-bond donors (Lipinski definition) is 1. The van der Waals surface area contributed by atoms with Crippen molar-refractivity contribution in [2.24, 2.45) is 5.92 Å². The molecule has 1 atom stereocenters. The molecule has 1 unspecified atom stereocenters. The van der Waals surface area contributed by atoms with Crippen molar-refractivity contribution in [3.63, 3.8) is 0 Å². The van der Waals surface area contributed by atoms with E-state index in [-0.39, 0.29) is 5.97 Å². The number of carbonyl (C=O) groups excluding carboxylic acids is 1. The van der Waals surface area contributed by atoms with E-state index in [1.54, 1.807) is 6.20 Å². The highest BCUT2D eigenvalue weighted by atomic mass is 16.5. The molecule has 3 heteroatoms. The minimum absolute atomic E-state index is 0.312. The number of nitrogens with one attached hydrogen (secondary N) is 1. The second-order valence-electron chi connectivity index (χ2n) is 3.50. The summed E-state index contributed by atoms with van der Waals surface area (Å²) >= 11 is 0. The zero-order chi connectivity index (χ0) is 9.68. The first kappa shape index (κ1) is 10.1. The molecular formula is C10H17NO2. The molecule has 0 heterocycles. The molecule has 13 heavy (non-hydrogen) atoms. The molecule has 1 rings (SSSR count). The Morgan fingerprint density at radius 1 is 1.62 bits per heavy atom. The maximum atomic E-state index is 10.7. The number of hydrogen-bond acceptors (Lipinski definition) is 3. The third-order valence-corrected chi connectivity index (χ3v) is 2.64. The molecule has 0 aromatic carbocycles. The van der Waals surface area contributed by atoms with Crippen LogP contribution in [0.2, 0.25) is 0 Å². The van der Waals surface area contributed by atoms with Crippen LogP contribution in [0.4, 0.5) is 0 Å². The lowest BCUT2D eigenvalue weighted by molar-refractivity contribution is -0.134. The summed E-state index contributed by atoms with van der Waals surface area (Å²) < 4.78 is 4.47. The van der Waals surface area contributed by atoms with E-state index in [0.29, 0.717) is 6.04 Å². The van der Waals surface area contributed by atoms with Crippen LogP contribution in [0.15, 0.2) is 12.3 Å². The summed E-state index contributed by atoms with van der Waals surface area (Å²) in [6.45, 7) is 2.14. The van der Waals surface area contributed by atoms with Gasteiger partial charge in [-0.3, -0.25) is 0 Å². The lowest BCUT2D eigenvalue weighted by atomic mass is 9.80. The predicted octanol–water partition coefficient (Wildman–Crippen LogP) is 1.45. The van der Waals surface area contributed by atoms with Crippen molar-refractivity contribution >= 4 is 5.97 Å². The zero-order valence-electron chi connectivity index (χ0n) is 8.25. The first-order valence-electron chi connectivity index (χ1n) is 4.74. The van der Waals surface area contributed by atoms with Crippen molar-refractivity contribution < 1.29 is 9.53 Å². The molecular weight excluding hydrogens is 166 g/mol. The lowest BCUT2D eigenvalue weighted by Gasteiger charge is -2.31. The maximum absolute atomic E-state index is 10.7. The Balaban J connectivity index is 2.16. The van der Waals surface area contributed by atoms with Gasteiger partial charge < -0.3 is 10.1 Å². The summed E-state index contributed by atoms with van der Waals surface area (Å²) in [6.07, 6.45) is 7.04. The molecule has 1 aliphatic carbocycles. The number of esters is 1. The topological polar surface area (TPSA) is 38.3 Å². The third kappa shape index (κ3) is 3.09. The van der Waals surface area contributed by atoms with E-state index in [1.807, 2.05) is 0 Å². The molecule has 0 saturated heterocycles. The Labute approximate surface area is 79.2 Å². The first-order valence-corrected chi connectivity index (χ1v) is 4.74. The van der Waals surface area contributed by atoms with Crippen LogP contribution >= 0.6 is 0 Å². The second-order valence-corrected chi connectivity index (χ2v) is 3.50. The van der Waals surface area contributed by atoms with E-state index in [4.69, 9.17) is 0 Å². The average molecular weight is 183 g/mol. The Bertz CT molecular complexity index is 197. The molecule has 74 valence electrons. The molecule has 0 aliphatic heterocycles. The number of carbonyl (C=O) groups is 1. The van der Waals surface area contributed by atoms with Gasteiger partial charge in [0.15, 0.2) is 0 Å². The summed E-state index contributed by atoms with van der Waals surface area (Å²) in [5.41, 5.74) is 0. The summed E-state index contributed by atoms with van der Waals surface area (Å²) in [7, 11) is 1.38. The molecule has 0 amide bonds. The predicted molar refractivity (Wildman–Crippen MR) is 51.1 cm³/mol. The van der Waals surface area contributed by atoms with Crippen LogP contribution in [0.3, 0.4) is 0 Å². The lowest BCUT2D eigenvalue weighted by Crippen LogP contribution is -2.34. The fraction of sp³-hybridized carbons (Fsp3) is 0.700. The highest BCUT2D eigenvalue weighted by Crippen LogP contribution is 2.29. The van der Waals surface area contributed by atoms with Gasteiger partial charge in [-0.15, -0.1) is 0 Å². The second kappa shape index (κ2) is 4.90. The zero-order valence-corrected chi connectivity index (χ0v) is 8.25. The van der Waals surface area contributed by atoms with Gasteiger partial charge in [0.2, 0.25) is 0 Å². The quantitative estimate of drug-likeness (QED) is 0.529. The SMILES string of the molecule is COC(=O)/C=C/NC(C)C1CCC1. The first-order chi connectivity index (χ1) is 6.24. The average Bonchev–Trinajstić information content (AvgIpc) is 2.01. The standard InChI is InChI=1S/C10H17NO2/c1-8(9-4-3-5-9)11-7-6-10(12)13-2/h6-9,11H,3-5H2,1-2H3/b7-6+. The van der Waals surface area contributed by atoms with Crippen LogP contribution in [0.5, 0.6) is 0 Å². The number of methoxy groups -OCH3 is 1. The molecule has 1 saturated carbocycles. The van der Waals surface area contributed by atoms with Gasteiger partial charge in [0.05, 0.1) is 7.11 Å². The maximum Gasteiger partial charge on any atom is 0.331 e. The van der Waals surface area contributed by atoms with Crippen LogP contribution in [-0.4, -0.2) is 19.1 Å². The Hall–Kier alpha value is -0.990. The van der Waals surface area contributed by atoms with Crippen molar-refractivity contribution in [1.29, 1.82) is 0 Å². The van der Waals surface area contributed by atoms with E-state index in [1.165, 1.54) is 32.4 Å². The normalized spacial score (nSPS) is 19.5. The molecule has 0 radical (unpaired) electrons. The Kier molecular flexibility index (Phi) is 3.80. The summed E-state index contributed by atoms with van der Waals surface area (Å²) in [4.78, 5) is 10.7. The summed E-state index contributed by atoms with van der Waals surface area (Å²) in [5.74, 6) is 0.468. The van der Waals surface area contributed by atoms with Crippen LogP contribution < -0.4 is 5.32 Å². The molecule has 3 nitrogen and oxygen atoms in total. The van der Waals surface area contributed by atoms with Gasteiger partial charge in [0.25, 0.3) is 0 Å². The third-order valence-electron chi connectivity index (χ3n) is 2.64. The van der Waals surface area contributed by atoms with E-state index >= 15 is 0 Å². The molecule has 0 spiro atoms. The minimum atomic E-state index is -0.312. The Morgan fingerprint density at radius 2 is 2.31 bits per heavy atom. The Morgan fingerprint density at radius 3 is 2.77 bits per heavy atom. The van der Waals surface area contributed by atoms with E-state index in [9.17, 15) is 4.79 Å². The molecule has 1 aliphatic rings. The van der Waals surface area contributed by atoms with Gasteiger partial charge in [-0.05, 0) is 25.7 Å². The van der Waals surface area contributed by atoms with Crippen molar-refractivity contribution in [2.75, 3.05) is 7.11 Å². The fourth-order valence-corrected chi connectivity index (χ4v) is 1.41. The molecule has 0 aromatic rings. The molecule has 1 fully saturated rings. The van der Waals surface area contributed by atoms with Crippen LogP contribution in [-0.2, 0) is 9.53 Å². The van der Waals surface area contributed by atoms with Gasteiger partial charge in [-0.1, -0.05) is 6.42 Å². The van der Waals surface area contributed by atoms with E-state index < -0.39 is 0 Å². The van der Waals surface area contributed by atoms with Crippen LogP contribution in [0, 0.1) is 5.92 Å². The summed E-state index contributed by atoms with van der Waals surface area (Å²) in [6, 6.07) is 0.467. The van der Waals surface area contributed by atoms with Crippen molar-refractivity contribution in [2.45, 2.75) is 32.2 Å². The van der Waals surface area contributed by atoms with Crippen molar-refractivity contribution in [1.82, 2.24) is 5.32 Å². The van der Waals surface area contributed by atoms with Gasteiger partial charge in [-0.2, -0.15) is 0 Å². The monoisotopic (exact) mass is 183 g/mol. The van der Waals surface area contributed by atoms with Gasteiger partial charge in [-0.25, -0.2) is 4.79 Å². The number of ether oxygens (including phenoxy) is 1. The van der Waals surface area contributed by atoms with Crippen molar-refractivity contribution in [3.8, 4) is 0 Å². The number of rotatable bonds is 4. The summed E-state index contributed by atoms with van der Waals surface area (Å²) in [5, 5.41) is 3.17. The van der Waals surface area contributed by atoms with Gasteiger partial charge >= 0.3 is 5.97 Å². The highest BCUT2D eigenvalue weighted by molar-refractivity contribution is 5.81. The minimum Gasteiger partial charge on any atom is -0.466 e. The molecule has 1 N–H and O–H groups in total. The smallest absolute Gasteiger partial charge is 0.331 e. The van der Waals surface area contributed by atoms with Crippen LogP contribution in [0.25, 0.3) is 0 Å². The van der Waals surface area contributed by atoms with Gasteiger partial charge in [0, 0.05) is 18.3 Å². The van der Waals surface area contributed by atoms with Crippen LogP contribution in [0.1, 0.15) is 26.2 Å². The largest absolute Gasteiger partial charge is 0.466 e. The van der Waals surface area contributed by atoms with E-state index in [2.05, 4.69) is 17.0 Å². The van der Waals surface area contributed by atoms with Crippen molar-refractivity contribution in [3.05, 3.63) is 12.3 Å². The van der Waals surface area contributed by atoms with E-state index in [0.717, 1.165) is 5.92 Å². The molecule has 0 aromatic heterocycles. The molecule has 0 bridgehead atoms. The highest BCUT2D eigenvalue weighted by Gasteiger charge is 2.22. The fourth-order valence-electron chi connectivity index (χ4n) is 1.41. The van der Waals surface area contributed by atoms with Gasteiger partial charge in [0.1, 0.15) is 0 Å².